The average molecular weight is 112 g/mol. The molecule has 0 amide bonds. The van der Waals surface area contributed by atoms with E-state index >= 15 is 0 Å². The highest BCUT2D eigenvalue weighted by molar-refractivity contribution is 4.99. The second-order valence-electron chi connectivity index (χ2n) is 2.13. The van der Waals surface area contributed by atoms with E-state index < -0.39 is 0 Å². The molecule has 46 valence electrons. The molecule has 1 aliphatic carbocycles. The van der Waals surface area contributed by atoms with E-state index in [1.807, 2.05) is 13.0 Å². The van der Waals surface area contributed by atoms with Crippen LogP contribution in [0.2, 0.25) is 0 Å². The standard InChI is InChI=1S/C7H12O/c1-3-6-5-7(6)8-4-2/h3,6-7H,1,4-5H2,2H3/t6-,7+/m0/s1. The topological polar surface area (TPSA) is 9.23 Å². The Kier molecular flexibility index (Phi) is 1.69. The Morgan fingerprint density at radius 1 is 1.88 bits per heavy atom. The first-order chi connectivity index (χ1) is 3.88. The third-order valence-corrected chi connectivity index (χ3v) is 1.46. The molecule has 0 aromatic carbocycles. The Labute approximate surface area is 50.3 Å². The quantitative estimate of drug-likeness (QED) is 0.504. The lowest BCUT2D eigenvalue weighted by Gasteiger charge is -1.93. The van der Waals surface area contributed by atoms with Crippen molar-refractivity contribution < 1.29 is 4.74 Å². The van der Waals surface area contributed by atoms with E-state index in [4.69, 9.17) is 4.74 Å². The summed E-state index contributed by atoms with van der Waals surface area (Å²) in [6.07, 6.45) is 3.68. The molecule has 1 saturated carbocycles. The van der Waals surface area contributed by atoms with Gasteiger partial charge in [0, 0.05) is 12.5 Å². The zero-order chi connectivity index (χ0) is 5.98. The summed E-state index contributed by atoms with van der Waals surface area (Å²) in [5, 5.41) is 0. The SMILES string of the molecule is C=C[C@H]1C[C@H]1OCC. The van der Waals surface area contributed by atoms with Crippen molar-refractivity contribution >= 4 is 0 Å². The molecule has 1 fully saturated rings. The maximum atomic E-state index is 5.29. The number of rotatable bonds is 3. The fourth-order valence-electron chi connectivity index (χ4n) is 0.843. The lowest BCUT2D eigenvalue weighted by Crippen LogP contribution is -1.93. The van der Waals surface area contributed by atoms with Crippen molar-refractivity contribution in [3.63, 3.8) is 0 Å². The van der Waals surface area contributed by atoms with Gasteiger partial charge in [0.05, 0.1) is 6.10 Å². The van der Waals surface area contributed by atoms with Crippen LogP contribution in [0.4, 0.5) is 0 Å². The smallest absolute Gasteiger partial charge is 0.0644 e. The molecule has 1 heteroatoms. The molecule has 0 saturated heterocycles. The van der Waals surface area contributed by atoms with Crippen molar-refractivity contribution in [1.29, 1.82) is 0 Å². The molecule has 0 heterocycles. The second-order valence-corrected chi connectivity index (χ2v) is 2.13. The average Bonchev–Trinajstić information content (AvgIpc) is 2.48. The molecule has 0 N–H and O–H groups in total. The highest BCUT2D eigenvalue weighted by Gasteiger charge is 2.34. The van der Waals surface area contributed by atoms with Crippen molar-refractivity contribution in [3.8, 4) is 0 Å². The van der Waals surface area contributed by atoms with Crippen molar-refractivity contribution in [2.24, 2.45) is 5.92 Å². The van der Waals surface area contributed by atoms with Crippen LogP contribution >= 0.6 is 0 Å². The van der Waals surface area contributed by atoms with Crippen molar-refractivity contribution in [2.45, 2.75) is 19.4 Å². The summed E-state index contributed by atoms with van der Waals surface area (Å²) < 4.78 is 5.29. The lowest BCUT2D eigenvalue weighted by molar-refractivity contribution is 0.126. The van der Waals surface area contributed by atoms with Gasteiger partial charge in [0.25, 0.3) is 0 Å². The van der Waals surface area contributed by atoms with Crippen LogP contribution in [0.3, 0.4) is 0 Å². The van der Waals surface area contributed by atoms with Crippen LogP contribution in [-0.4, -0.2) is 12.7 Å². The van der Waals surface area contributed by atoms with Crippen LogP contribution in [0.25, 0.3) is 0 Å². The van der Waals surface area contributed by atoms with E-state index in [0.29, 0.717) is 12.0 Å². The van der Waals surface area contributed by atoms with Gasteiger partial charge in [-0.15, -0.1) is 6.58 Å². The van der Waals surface area contributed by atoms with Gasteiger partial charge in [0.2, 0.25) is 0 Å². The van der Waals surface area contributed by atoms with Gasteiger partial charge in [-0.1, -0.05) is 6.08 Å². The summed E-state index contributed by atoms with van der Waals surface area (Å²) in [4.78, 5) is 0. The normalized spacial score (nSPS) is 34.6. The van der Waals surface area contributed by atoms with Crippen LogP contribution in [0.5, 0.6) is 0 Å². The van der Waals surface area contributed by atoms with Gasteiger partial charge < -0.3 is 4.74 Å². The molecular formula is C7H12O. The van der Waals surface area contributed by atoms with Crippen LogP contribution in [0.1, 0.15) is 13.3 Å². The number of ether oxygens (including phenoxy) is 1. The van der Waals surface area contributed by atoms with E-state index in [2.05, 4.69) is 6.58 Å². The van der Waals surface area contributed by atoms with Gasteiger partial charge in [-0.25, -0.2) is 0 Å². The minimum Gasteiger partial charge on any atom is -0.378 e. The minimum atomic E-state index is 0.512. The molecule has 1 rings (SSSR count). The lowest BCUT2D eigenvalue weighted by atomic mass is 10.4. The molecule has 0 aromatic rings. The molecule has 1 aliphatic rings. The van der Waals surface area contributed by atoms with Gasteiger partial charge >= 0.3 is 0 Å². The summed E-state index contributed by atoms with van der Waals surface area (Å²) in [5.74, 6) is 0.662. The molecular weight excluding hydrogens is 100 g/mol. The summed E-state index contributed by atoms with van der Waals surface area (Å²) in [6, 6.07) is 0. The molecule has 0 bridgehead atoms. The first kappa shape index (κ1) is 5.83. The van der Waals surface area contributed by atoms with Crippen molar-refractivity contribution in [1.82, 2.24) is 0 Å². The molecule has 2 atom stereocenters. The summed E-state index contributed by atoms with van der Waals surface area (Å²) in [5.41, 5.74) is 0. The molecule has 8 heavy (non-hydrogen) atoms. The molecule has 0 aliphatic heterocycles. The summed E-state index contributed by atoms with van der Waals surface area (Å²) in [6.45, 7) is 6.54. The maximum Gasteiger partial charge on any atom is 0.0644 e. The first-order valence-corrected chi connectivity index (χ1v) is 3.12. The van der Waals surface area contributed by atoms with Crippen LogP contribution in [-0.2, 0) is 4.74 Å². The van der Waals surface area contributed by atoms with Crippen LogP contribution < -0.4 is 0 Å². The first-order valence-electron chi connectivity index (χ1n) is 3.12. The highest BCUT2D eigenvalue weighted by Crippen LogP contribution is 2.33. The van der Waals surface area contributed by atoms with Crippen LogP contribution in [0.15, 0.2) is 12.7 Å². The van der Waals surface area contributed by atoms with E-state index in [0.717, 1.165) is 6.61 Å². The Balaban J connectivity index is 2.07. The molecule has 0 aromatic heterocycles. The predicted molar refractivity (Wildman–Crippen MR) is 33.7 cm³/mol. The molecule has 0 unspecified atom stereocenters. The van der Waals surface area contributed by atoms with Crippen molar-refractivity contribution in [3.05, 3.63) is 12.7 Å². The Bertz CT molecular complexity index is 88.4. The largest absolute Gasteiger partial charge is 0.378 e. The maximum absolute atomic E-state index is 5.29. The van der Waals surface area contributed by atoms with E-state index in [-0.39, 0.29) is 0 Å². The van der Waals surface area contributed by atoms with E-state index in [9.17, 15) is 0 Å². The molecule has 0 spiro atoms. The van der Waals surface area contributed by atoms with Crippen LogP contribution in [0, 0.1) is 5.92 Å². The fourth-order valence-corrected chi connectivity index (χ4v) is 0.843. The predicted octanol–water partition coefficient (Wildman–Crippen LogP) is 1.60. The summed E-state index contributed by atoms with van der Waals surface area (Å²) in [7, 11) is 0. The highest BCUT2D eigenvalue weighted by atomic mass is 16.5. The van der Waals surface area contributed by atoms with Gasteiger partial charge in [-0.2, -0.15) is 0 Å². The second kappa shape index (κ2) is 2.31. The molecule has 0 radical (unpaired) electrons. The van der Waals surface area contributed by atoms with Gasteiger partial charge in [0.1, 0.15) is 0 Å². The van der Waals surface area contributed by atoms with E-state index in [1.165, 1.54) is 6.42 Å². The third-order valence-electron chi connectivity index (χ3n) is 1.46. The molecule has 1 nitrogen and oxygen atoms in total. The van der Waals surface area contributed by atoms with Gasteiger partial charge in [-0.05, 0) is 13.3 Å². The van der Waals surface area contributed by atoms with Crippen molar-refractivity contribution in [2.75, 3.05) is 6.61 Å². The zero-order valence-corrected chi connectivity index (χ0v) is 5.26. The summed E-state index contributed by atoms with van der Waals surface area (Å²) >= 11 is 0. The van der Waals surface area contributed by atoms with Gasteiger partial charge in [-0.3, -0.25) is 0 Å². The Hall–Kier alpha value is -0.300. The number of hydrogen-bond acceptors (Lipinski definition) is 1. The Morgan fingerprint density at radius 2 is 2.62 bits per heavy atom. The minimum absolute atomic E-state index is 0.512. The number of hydrogen-bond donors (Lipinski definition) is 0. The fraction of sp³-hybridized carbons (Fsp3) is 0.714. The Morgan fingerprint density at radius 3 is 3.00 bits per heavy atom. The third kappa shape index (κ3) is 1.10. The van der Waals surface area contributed by atoms with Gasteiger partial charge in [0.15, 0.2) is 0 Å². The van der Waals surface area contributed by atoms with E-state index in [1.54, 1.807) is 0 Å². The monoisotopic (exact) mass is 112 g/mol. The zero-order valence-electron chi connectivity index (χ0n) is 5.26.